The highest BCUT2D eigenvalue weighted by atomic mass is 16.5. The summed E-state index contributed by atoms with van der Waals surface area (Å²) < 4.78 is 5.36. The maximum Gasteiger partial charge on any atom is 0.243 e. The molecule has 0 saturated carbocycles. The summed E-state index contributed by atoms with van der Waals surface area (Å²) in [5, 5.41) is 13.2. The van der Waals surface area contributed by atoms with Crippen LogP contribution in [0.1, 0.15) is 32.5 Å². The molecule has 1 aromatic rings. The Labute approximate surface area is 154 Å². The van der Waals surface area contributed by atoms with Crippen LogP contribution in [-0.4, -0.2) is 53.1 Å². The first-order valence-electron chi connectivity index (χ1n) is 9.30. The number of ether oxygens (including phenoxy) is 1. The fourth-order valence-corrected chi connectivity index (χ4v) is 3.95. The molecular weight excluding hydrogens is 330 g/mol. The number of anilines is 1. The SMILES string of the molecule is Cc1nccc(N[C@@H]2CN(C(=O)C3(C#N)CCOCC3)C[C@H]2C(C)C)n1. The van der Waals surface area contributed by atoms with Gasteiger partial charge in [0.1, 0.15) is 17.1 Å². The van der Waals surface area contributed by atoms with Crippen LogP contribution < -0.4 is 5.32 Å². The minimum atomic E-state index is -0.930. The van der Waals surface area contributed by atoms with Gasteiger partial charge in [-0.15, -0.1) is 0 Å². The van der Waals surface area contributed by atoms with Crippen molar-refractivity contribution in [1.29, 1.82) is 5.26 Å². The van der Waals surface area contributed by atoms with E-state index in [9.17, 15) is 10.1 Å². The second kappa shape index (κ2) is 7.58. The zero-order valence-electron chi connectivity index (χ0n) is 15.7. The summed E-state index contributed by atoms with van der Waals surface area (Å²) in [5.74, 6) is 2.18. The lowest BCUT2D eigenvalue weighted by Gasteiger charge is -2.33. The van der Waals surface area contributed by atoms with Gasteiger partial charge in [-0.1, -0.05) is 13.8 Å². The Morgan fingerprint density at radius 2 is 2.15 bits per heavy atom. The van der Waals surface area contributed by atoms with Crippen LogP contribution in [0.3, 0.4) is 0 Å². The first-order chi connectivity index (χ1) is 12.4. The molecule has 7 nitrogen and oxygen atoms in total. The summed E-state index contributed by atoms with van der Waals surface area (Å²) in [6.45, 7) is 8.42. The summed E-state index contributed by atoms with van der Waals surface area (Å²) in [5.41, 5.74) is -0.930. The number of aromatic nitrogens is 2. The Morgan fingerprint density at radius 3 is 2.77 bits per heavy atom. The van der Waals surface area contributed by atoms with Crippen molar-refractivity contribution in [2.45, 2.75) is 39.7 Å². The molecule has 140 valence electrons. The zero-order chi connectivity index (χ0) is 18.7. The molecule has 2 atom stereocenters. The van der Waals surface area contributed by atoms with Gasteiger partial charge in [-0.25, -0.2) is 9.97 Å². The molecule has 3 rings (SSSR count). The van der Waals surface area contributed by atoms with Gasteiger partial charge >= 0.3 is 0 Å². The highest BCUT2D eigenvalue weighted by Crippen LogP contribution is 2.35. The fraction of sp³-hybridized carbons (Fsp3) is 0.684. The van der Waals surface area contributed by atoms with E-state index in [-0.39, 0.29) is 11.9 Å². The lowest BCUT2D eigenvalue weighted by atomic mass is 9.80. The van der Waals surface area contributed by atoms with Crippen molar-refractivity contribution in [2.24, 2.45) is 17.3 Å². The Bertz CT molecular complexity index is 693. The molecule has 0 spiro atoms. The summed E-state index contributed by atoms with van der Waals surface area (Å²) in [6.07, 6.45) is 2.70. The lowest BCUT2D eigenvalue weighted by Crippen LogP contribution is -2.46. The fourth-order valence-electron chi connectivity index (χ4n) is 3.95. The molecular formula is C19H27N5O2. The third-order valence-electron chi connectivity index (χ3n) is 5.59. The van der Waals surface area contributed by atoms with Crippen LogP contribution >= 0.6 is 0 Å². The summed E-state index contributed by atoms with van der Waals surface area (Å²) in [4.78, 5) is 23.6. The van der Waals surface area contributed by atoms with E-state index in [0.29, 0.717) is 56.8 Å². The molecule has 26 heavy (non-hydrogen) atoms. The van der Waals surface area contributed by atoms with E-state index in [1.54, 1.807) is 6.20 Å². The monoisotopic (exact) mass is 357 g/mol. The van der Waals surface area contributed by atoms with E-state index in [1.165, 1.54) is 0 Å². The molecule has 2 aliphatic heterocycles. The largest absolute Gasteiger partial charge is 0.381 e. The minimum Gasteiger partial charge on any atom is -0.381 e. The number of hydrogen-bond donors (Lipinski definition) is 1. The number of aryl methyl sites for hydroxylation is 1. The maximum absolute atomic E-state index is 13.2. The average molecular weight is 357 g/mol. The molecule has 2 aliphatic rings. The molecule has 7 heteroatoms. The molecule has 2 fully saturated rings. The lowest BCUT2D eigenvalue weighted by molar-refractivity contribution is -0.142. The van der Waals surface area contributed by atoms with E-state index in [4.69, 9.17) is 4.74 Å². The van der Waals surface area contributed by atoms with Crippen LogP contribution in [0.4, 0.5) is 5.82 Å². The Kier molecular flexibility index (Phi) is 5.42. The number of nitrogens with zero attached hydrogens (tertiary/aromatic N) is 4. The average Bonchev–Trinajstić information content (AvgIpc) is 3.05. The first-order valence-corrected chi connectivity index (χ1v) is 9.30. The van der Waals surface area contributed by atoms with Crippen molar-refractivity contribution in [3.63, 3.8) is 0 Å². The van der Waals surface area contributed by atoms with Crippen LogP contribution in [0.25, 0.3) is 0 Å². The smallest absolute Gasteiger partial charge is 0.243 e. The quantitative estimate of drug-likeness (QED) is 0.886. The molecule has 2 saturated heterocycles. The molecule has 0 unspecified atom stereocenters. The topological polar surface area (TPSA) is 91.1 Å². The normalized spacial score (nSPS) is 25.1. The third kappa shape index (κ3) is 3.65. The number of nitriles is 1. The Morgan fingerprint density at radius 1 is 1.42 bits per heavy atom. The van der Waals surface area contributed by atoms with E-state index >= 15 is 0 Å². The van der Waals surface area contributed by atoms with Crippen LogP contribution in [0.5, 0.6) is 0 Å². The number of amides is 1. The Balaban J connectivity index is 1.76. The van der Waals surface area contributed by atoms with Crippen LogP contribution in [0, 0.1) is 35.5 Å². The predicted octanol–water partition coefficient (Wildman–Crippen LogP) is 2.00. The van der Waals surface area contributed by atoms with Gasteiger partial charge in [-0.05, 0) is 31.7 Å². The van der Waals surface area contributed by atoms with Gasteiger partial charge in [0.2, 0.25) is 5.91 Å². The van der Waals surface area contributed by atoms with Gasteiger partial charge in [-0.3, -0.25) is 4.79 Å². The van der Waals surface area contributed by atoms with Crippen molar-refractivity contribution in [3.05, 3.63) is 18.1 Å². The van der Waals surface area contributed by atoms with E-state index in [0.717, 1.165) is 5.82 Å². The van der Waals surface area contributed by atoms with Crippen molar-refractivity contribution in [2.75, 3.05) is 31.6 Å². The number of carbonyl (C=O) groups is 1. The van der Waals surface area contributed by atoms with Gasteiger partial charge in [0.05, 0.1) is 6.07 Å². The minimum absolute atomic E-state index is 0.0443. The van der Waals surface area contributed by atoms with E-state index in [2.05, 4.69) is 35.2 Å². The standard InChI is InChI=1S/C19H27N5O2/c1-13(2)15-10-24(18(25)19(12-20)5-8-26-9-6-19)11-16(15)23-17-4-7-21-14(3)22-17/h4,7,13,15-16H,5-6,8-11H2,1-3H3,(H,21,22,23)/t15-,16+/m0/s1. The molecule has 0 radical (unpaired) electrons. The van der Waals surface area contributed by atoms with Gasteiger partial charge in [0, 0.05) is 44.5 Å². The number of carbonyl (C=O) groups excluding carboxylic acids is 1. The number of likely N-dealkylation sites (tertiary alicyclic amines) is 1. The van der Waals surface area contributed by atoms with Crippen LogP contribution in [-0.2, 0) is 9.53 Å². The zero-order valence-corrected chi connectivity index (χ0v) is 15.7. The molecule has 0 aromatic carbocycles. The van der Waals surface area contributed by atoms with Crippen LogP contribution in [0.2, 0.25) is 0 Å². The summed E-state index contributed by atoms with van der Waals surface area (Å²) >= 11 is 0. The van der Waals surface area contributed by atoms with Gasteiger partial charge in [0.25, 0.3) is 0 Å². The van der Waals surface area contributed by atoms with Crippen molar-refractivity contribution >= 4 is 11.7 Å². The number of rotatable bonds is 4. The summed E-state index contributed by atoms with van der Waals surface area (Å²) in [6, 6.07) is 4.26. The third-order valence-corrected chi connectivity index (χ3v) is 5.59. The summed E-state index contributed by atoms with van der Waals surface area (Å²) in [7, 11) is 0. The number of hydrogen-bond acceptors (Lipinski definition) is 6. The number of nitrogens with one attached hydrogen (secondary N) is 1. The second-order valence-electron chi connectivity index (χ2n) is 7.66. The highest BCUT2D eigenvalue weighted by molar-refractivity contribution is 5.86. The van der Waals surface area contributed by atoms with Gasteiger partial charge in [0.15, 0.2) is 0 Å². The molecule has 1 aromatic heterocycles. The van der Waals surface area contributed by atoms with Crippen molar-refractivity contribution in [1.82, 2.24) is 14.9 Å². The van der Waals surface area contributed by atoms with Gasteiger partial charge < -0.3 is 15.0 Å². The molecule has 0 aliphatic carbocycles. The second-order valence-corrected chi connectivity index (χ2v) is 7.66. The van der Waals surface area contributed by atoms with E-state index < -0.39 is 5.41 Å². The molecule has 1 amide bonds. The van der Waals surface area contributed by atoms with Crippen molar-refractivity contribution in [3.8, 4) is 6.07 Å². The van der Waals surface area contributed by atoms with E-state index in [1.807, 2.05) is 17.9 Å². The molecule has 0 bridgehead atoms. The predicted molar refractivity (Wildman–Crippen MR) is 97.2 cm³/mol. The first kappa shape index (κ1) is 18.6. The van der Waals surface area contributed by atoms with Crippen molar-refractivity contribution < 1.29 is 9.53 Å². The highest BCUT2D eigenvalue weighted by Gasteiger charge is 2.47. The van der Waals surface area contributed by atoms with Crippen LogP contribution in [0.15, 0.2) is 12.3 Å². The molecule has 1 N–H and O–H groups in total. The Hall–Kier alpha value is -2.20. The van der Waals surface area contributed by atoms with Gasteiger partial charge in [-0.2, -0.15) is 5.26 Å². The maximum atomic E-state index is 13.2. The molecule has 3 heterocycles.